The highest BCUT2D eigenvalue weighted by atomic mass is 79.9. The van der Waals surface area contributed by atoms with E-state index in [0.29, 0.717) is 6.61 Å². The van der Waals surface area contributed by atoms with E-state index in [4.69, 9.17) is 9.47 Å². The standard InChI is InChI=1S/C15H20BrNO2/c16-13-3-5-14(6-4-13)19-11-15-10-17(7-8-18-15)9-12-1-2-12/h3-6,12,15H,1-2,7-11H2. The van der Waals surface area contributed by atoms with Crippen LogP contribution in [0.4, 0.5) is 0 Å². The lowest BCUT2D eigenvalue weighted by Gasteiger charge is -2.32. The van der Waals surface area contributed by atoms with Crippen LogP contribution < -0.4 is 4.74 Å². The molecule has 1 atom stereocenters. The van der Waals surface area contributed by atoms with Gasteiger partial charge in [-0.25, -0.2) is 0 Å². The second kappa shape index (κ2) is 6.25. The lowest BCUT2D eigenvalue weighted by molar-refractivity contribution is -0.0490. The number of hydrogen-bond acceptors (Lipinski definition) is 3. The van der Waals surface area contributed by atoms with E-state index in [0.717, 1.165) is 35.8 Å². The lowest BCUT2D eigenvalue weighted by atomic mass is 10.2. The van der Waals surface area contributed by atoms with Crippen LogP contribution in [0, 0.1) is 5.92 Å². The summed E-state index contributed by atoms with van der Waals surface area (Å²) in [5.41, 5.74) is 0. The topological polar surface area (TPSA) is 21.7 Å². The zero-order valence-electron chi connectivity index (χ0n) is 11.1. The van der Waals surface area contributed by atoms with Crippen LogP contribution >= 0.6 is 15.9 Å². The maximum Gasteiger partial charge on any atom is 0.119 e. The van der Waals surface area contributed by atoms with E-state index in [1.54, 1.807) is 0 Å². The Kier molecular flexibility index (Phi) is 4.41. The second-order valence-corrected chi connectivity index (χ2v) is 6.38. The normalized spacial score (nSPS) is 24.4. The van der Waals surface area contributed by atoms with Crippen LogP contribution in [0.5, 0.6) is 5.75 Å². The summed E-state index contributed by atoms with van der Waals surface area (Å²) >= 11 is 3.42. The Hall–Kier alpha value is -0.580. The lowest BCUT2D eigenvalue weighted by Crippen LogP contribution is -2.45. The van der Waals surface area contributed by atoms with E-state index in [1.807, 2.05) is 24.3 Å². The van der Waals surface area contributed by atoms with Gasteiger partial charge in [-0.3, -0.25) is 4.90 Å². The number of halogens is 1. The molecule has 1 unspecified atom stereocenters. The molecule has 3 rings (SSSR count). The van der Waals surface area contributed by atoms with Crippen molar-refractivity contribution in [3.63, 3.8) is 0 Å². The molecule has 0 aromatic heterocycles. The van der Waals surface area contributed by atoms with Gasteiger partial charge in [0.1, 0.15) is 18.5 Å². The maximum atomic E-state index is 5.80. The first-order valence-corrected chi connectivity index (χ1v) is 7.81. The summed E-state index contributed by atoms with van der Waals surface area (Å²) in [5, 5.41) is 0. The molecule has 3 nitrogen and oxygen atoms in total. The number of ether oxygens (including phenoxy) is 2. The van der Waals surface area contributed by atoms with Gasteiger partial charge in [0.15, 0.2) is 0 Å². The number of morpholine rings is 1. The number of hydrogen-bond donors (Lipinski definition) is 0. The minimum atomic E-state index is 0.205. The Morgan fingerprint density at radius 1 is 1.26 bits per heavy atom. The highest BCUT2D eigenvalue weighted by Crippen LogP contribution is 2.30. The van der Waals surface area contributed by atoms with Gasteiger partial charge >= 0.3 is 0 Å². The molecule has 2 aliphatic rings. The van der Waals surface area contributed by atoms with Gasteiger partial charge in [0, 0.05) is 24.1 Å². The Labute approximate surface area is 123 Å². The van der Waals surface area contributed by atoms with Crippen molar-refractivity contribution in [1.82, 2.24) is 4.90 Å². The maximum absolute atomic E-state index is 5.80. The Morgan fingerprint density at radius 3 is 2.79 bits per heavy atom. The van der Waals surface area contributed by atoms with Crippen LogP contribution in [0.1, 0.15) is 12.8 Å². The van der Waals surface area contributed by atoms with E-state index in [2.05, 4.69) is 20.8 Å². The molecule has 4 heteroatoms. The van der Waals surface area contributed by atoms with Crippen molar-refractivity contribution in [3.05, 3.63) is 28.7 Å². The summed E-state index contributed by atoms with van der Waals surface area (Å²) < 4.78 is 12.7. The van der Waals surface area contributed by atoms with Crippen LogP contribution in [0.25, 0.3) is 0 Å². The molecule has 0 N–H and O–H groups in total. The van der Waals surface area contributed by atoms with Gasteiger partial charge in [-0.2, -0.15) is 0 Å². The van der Waals surface area contributed by atoms with E-state index >= 15 is 0 Å². The fourth-order valence-corrected chi connectivity index (χ4v) is 2.70. The second-order valence-electron chi connectivity index (χ2n) is 5.46. The number of benzene rings is 1. The smallest absolute Gasteiger partial charge is 0.119 e. The SMILES string of the molecule is Brc1ccc(OCC2CN(CC3CC3)CCO2)cc1. The van der Waals surface area contributed by atoms with Crippen molar-refractivity contribution < 1.29 is 9.47 Å². The van der Waals surface area contributed by atoms with Crippen LogP contribution in [0.2, 0.25) is 0 Å². The van der Waals surface area contributed by atoms with E-state index in [1.165, 1.54) is 19.4 Å². The number of rotatable bonds is 5. The summed E-state index contributed by atoms with van der Waals surface area (Å²) in [6, 6.07) is 7.96. The van der Waals surface area contributed by atoms with E-state index < -0.39 is 0 Å². The van der Waals surface area contributed by atoms with E-state index in [-0.39, 0.29) is 6.10 Å². The molecule has 0 spiro atoms. The molecule has 0 bridgehead atoms. The highest BCUT2D eigenvalue weighted by molar-refractivity contribution is 9.10. The third-order valence-electron chi connectivity index (χ3n) is 3.69. The van der Waals surface area contributed by atoms with Crippen LogP contribution in [-0.2, 0) is 4.74 Å². The minimum Gasteiger partial charge on any atom is -0.491 e. The largest absolute Gasteiger partial charge is 0.491 e. The summed E-state index contributed by atoms with van der Waals surface area (Å²) in [4.78, 5) is 2.52. The van der Waals surface area contributed by atoms with Gasteiger partial charge in [0.05, 0.1) is 6.61 Å². The Balaban J connectivity index is 1.44. The highest BCUT2D eigenvalue weighted by Gasteiger charge is 2.28. The predicted octanol–water partition coefficient (Wildman–Crippen LogP) is 2.94. The number of nitrogens with zero attached hydrogens (tertiary/aromatic N) is 1. The van der Waals surface area contributed by atoms with Crippen molar-refractivity contribution in [2.45, 2.75) is 18.9 Å². The Morgan fingerprint density at radius 2 is 2.05 bits per heavy atom. The summed E-state index contributed by atoms with van der Waals surface area (Å²) in [7, 11) is 0. The molecule has 0 radical (unpaired) electrons. The monoisotopic (exact) mass is 325 g/mol. The fourth-order valence-electron chi connectivity index (χ4n) is 2.43. The van der Waals surface area contributed by atoms with Gasteiger partial charge in [0.25, 0.3) is 0 Å². The van der Waals surface area contributed by atoms with Crippen LogP contribution in [-0.4, -0.2) is 43.9 Å². The average molecular weight is 326 g/mol. The van der Waals surface area contributed by atoms with Gasteiger partial charge in [-0.1, -0.05) is 15.9 Å². The van der Waals surface area contributed by atoms with Gasteiger partial charge < -0.3 is 9.47 Å². The molecule has 1 aromatic rings. The zero-order chi connectivity index (χ0) is 13.1. The molecule has 19 heavy (non-hydrogen) atoms. The fraction of sp³-hybridized carbons (Fsp3) is 0.600. The molecular formula is C15H20BrNO2. The molecule has 1 aromatic carbocycles. The molecule has 1 heterocycles. The molecule has 1 saturated heterocycles. The minimum absolute atomic E-state index is 0.205. The van der Waals surface area contributed by atoms with Crippen molar-refractivity contribution in [2.24, 2.45) is 5.92 Å². The first-order valence-electron chi connectivity index (χ1n) is 7.02. The molecule has 0 amide bonds. The van der Waals surface area contributed by atoms with Crippen molar-refractivity contribution >= 4 is 15.9 Å². The van der Waals surface area contributed by atoms with Gasteiger partial charge in [-0.15, -0.1) is 0 Å². The molecule has 1 saturated carbocycles. The summed E-state index contributed by atoms with van der Waals surface area (Å²) in [6.07, 6.45) is 3.03. The molecule has 1 aliphatic heterocycles. The summed E-state index contributed by atoms with van der Waals surface area (Å²) in [5.74, 6) is 1.86. The first-order chi connectivity index (χ1) is 9.29. The molecule has 104 valence electrons. The summed E-state index contributed by atoms with van der Waals surface area (Å²) in [6.45, 7) is 4.81. The molecule has 2 fully saturated rings. The third kappa shape index (κ3) is 4.20. The molecule has 1 aliphatic carbocycles. The average Bonchev–Trinajstić information content (AvgIpc) is 3.23. The van der Waals surface area contributed by atoms with Crippen LogP contribution in [0.3, 0.4) is 0 Å². The zero-order valence-corrected chi connectivity index (χ0v) is 12.6. The van der Waals surface area contributed by atoms with Crippen molar-refractivity contribution in [2.75, 3.05) is 32.8 Å². The third-order valence-corrected chi connectivity index (χ3v) is 4.21. The predicted molar refractivity (Wildman–Crippen MR) is 78.5 cm³/mol. The quantitative estimate of drug-likeness (QED) is 0.830. The van der Waals surface area contributed by atoms with Crippen molar-refractivity contribution in [3.8, 4) is 5.75 Å². The molecular weight excluding hydrogens is 306 g/mol. The van der Waals surface area contributed by atoms with E-state index in [9.17, 15) is 0 Å². The van der Waals surface area contributed by atoms with Gasteiger partial charge in [-0.05, 0) is 43.0 Å². The Bertz CT molecular complexity index is 405. The first kappa shape index (κ1) is 13.4. The van der Waals surface area contributed by atoms with Crippen molar-refractivity contribution in [1.29, 1.82) is 0 Å². The van der Waals surface area contributed by atoms with Crippen LogP contribution in [0.15, 0.2) is 28.7 Å². The van der Waals surface area contributed by atoms with Gasteiger partial charge in [0.2, 0.25) is 0 Å².